The number of likely N-dealkylation sites (tertiary alicyclic amines) is 1. The molecule has 3 rings (SSSR count). The first-order valence-corrected chi connectivity index (χ1v) is 9.58. The molecular formula is C22H29N3O2. The summed E-state index contributed by atoms with van der Waals surface area (Å²) in [6.45, 7) is 6.64. The van der Waals surface area contributed by atoms with Crippen LogP contribution in [0.25, 0.3) is 0 Å². The summed E-state index contributed by atoms with van der Waals surface area (Å²) < 4.78 is 5.56. The van der Waals surface area contributed by atoms with Gasteiger partial charge in [-0.3, -0.25) is 4.90 Å². The van der Waals surface area contributed by atoms with E-state index in [0.29, 0.717) is 6.54 Å². The standard InChI is InChI=1S/C22H29N3O2/c1-16-9-8-10-17(2)21(16)24-22(26)23-15-19(25-13-6-7-14-25)18-11-4-5-12-20(18)27-3/h4-5,8-12,19H,6-7,13-15H2,1-3H3,(H2,23,24,26). The molecule has 0 saturated carbocycles. The van der Waals surface area contributed by atoms with Crippen LogP contribution >= 0.6 is 0 Å². The third-order valence-electron chi connectivity index (χ3n) is 5.25. The Bertz CT molecular complexity index is 765. The van der Waals surface area contributed by atoms with Crippen molar-refractivity contribution in [2.45, 2.75) is 32.7 Å². The van der Waals surface area contributed by atoms with Gasteiger partial charge >= 0.3 is 6.03 Å². The molecule has 1 saturated heterocycles. The van der Waals surface area contributed by atoms with E-state index in [1.165, 1.54) is 12.8 Å². The Balaban J connectivity index is 1.72. The second-order valence-corrected chi connectivity index (χ2v) is 7.10. The summed E-state index contributed by atoms with van der Waals surface area (Å²) in [6, 6.07) is 14.0. The highest BCUT2D eigenvalue weighted by Crippen LogP contribution is 2.31. The second-order valence-electron chi connectivity index (χ2n) is 7.10. The second kappa shape index (κ2) is 8.91. The quantitative estimate of drug-likeness (QED) is 0.802. The van der Waals surface area contributed by atoms with Gasteiger partial charge in [-0.15, -0.1) is 0 Å². The zero-order valence-electron chi connectivity index (χ0n) is 16.4. The largest absolute Gasteiger partial charge is 0.496 e. The maximum Gasteiger partial charge on any atom is 0.319 e. The van der Waals surface area contributed by atoms with E-state index in [2.05, 4.69) is 21.6 Å². The van der Waals surface area contributed by atoms with Gasteiger partial charge in [0, 0.05) is 17.8 Å². The average Bonchev–Trinajstić information content (AvgIpc) is 3.20. The van der Waals surface area contributed by atoms with Crippen molar-refractivity contribution in [2.75, 3.05) is 32.1 Å². The van der Waals surface area contributed by atoms with Crippen molar-refractivity contribution in [1.82, 2.24) is 10.2 Å². The molecule has 1 fully saturated rings. The fourth-order valence-electron chi connectivity index (χ4n) is 3.79. The number of amides is 2. The van der Waals surface area contributed by atoms with E-state index in [1.54, 1.807) is 7.11 Å². The van der Waals surface area contributed by atoms with Crippen molar-refractivity contribution >= 4 is 11.7 Å². The smallest absolute Gasteiger partial charge is 0.319 e. The number of nitrogens with zero attached hydrogens (tertiary/aromatic N) is 1. The summed E-state index contributed by atoms with van der Waals surface area (Å²) >= 11 is 0. The summed E-state index contributed by atoms with van der Waals surface area (Å²) in [4.78, 5) is 15.0. The predicted molar refractivity (Wildman–Crippen MR) is 109 cm³/mol. The fourth-order valence-corrected chi connectivity index (χ4v) is 3.79. The molecule has 2 aromatic rings. The Labute approximate surface area is 161 Å². The lowest BCUT2D eigenvalue weighted by molar-refractivity contribution is 0.224. The first-order valence-electron chi connectivity index (χ1n) is 9.58. The van der Waals surface area contributed by atoms with Gasteiger partial charge in [-0.05, 0) is 57.0 Å². The van der Waals surface area contributed by atoms with Gasteiger partial charge in [0.05, 0.1) is 13.2 Å². The van der Waals surface area contributed by atoms with Gasteiger partial charge in [-0.25, -0.2) is 4.79 Å². The number of carbonyl (C=O) groups is 1. The molecule has 5 nitrogen and oxygen atoms in total. The molecule has 2 amide bonds. The number of hydrogen-bond donors (Lipinski definition) is 2. The molecule has 1 heterocycles. The number of rotatable bonds is 6. The van der Waals surface area contributed by atoms with Crippen LogP contribution in [0, 0.1) is 13.8 Å². The van der Waals surface area contributed by atoms with E-state index in [9.17, 15) is 4.79 Å². The van der Waals surface area contributed by atoms with Gasteiger partial charge in [0.25, 0.3) is 0 Å². The highest BCUT2D eigenvalue weighted by Gasteiger charge is 2.26. The van der Waals surface area contributed by atoms with E-state index in [-0.39, 0.29) is 12.1 Å². The van der Waals surface area contributed by atoms with Gasteiger partial charge in [0.15, 0.2) is 0 Å². The van der Waals surface area contributed by atoms with E-state index >= 15 is 0 Å². The van der Waals surface area contributed by atoms with Crippen molar-refractivity contribution in [3.05, 3.63) is 59.2 Å². The van der Waals surface area contributed by atoms with Crippen LogP contribution in [0.1, 0.15) is 35.6 Å². The van der Waals surface area contributed by atoms with Crippen molar-refractivity contribution < 1.29 is 9.53 Å². The van der Waals surface area contributed by atoms with E-state index < -0.39 is 0 Å². The highest BCUT2D eigenvalue weighted by atomic mass is 16.5. The zero-order valence-corrected chi connectivity index (χ0v) is 16.4. The van der Waals surface area contributed by atoms with Crippen molar-refractivity contribution in [3.8, 4) is 5.75 Å². The first-order chi connectivity index (χ1) is 13.1. The van der Waals surface area contributed by atoms with Gasteiger partial charge < -0.3 is 15.4 Å². The molecule has 2 N–H and O–H groups in total. The van der Waals surface area contributed by atoms with E-state index in [0.717, 1.165) is 41.2 Å². The molecule has 5 heteroatoms. The summed E-state index contributed by atoms with van der Waals surface area (Å²) in [5.41, 5.74) is 4.12. The van der Waals surface area contributed by atoms with E-state index in [1.807, 2.05) is 50.2 Å². The molecule has 1 unspecified atom stereocenters. The molecule has 1 aliphatic heterocycles. The predicted octanol–water partition coefficient (Wildman–Crippen LogP) is 4.27. The molecule has 1 aliphatic rings. The summed E-state index contributed by atoms with van der Waals surface area (Å²) in [5, 5.41) is 6.07. The van der Waals surface area contributed by atoms with Gasteiger partial charge in [-0.2, -0.15) is 0 Å². The SMILES string of the molecule is COc1ccccc1C(CNC(=O)Nc1c(C)cccc1C)N1CCCC1. The third-order valence-corrected chi connectivity index (χ3v) is 5.25. The summed E-state index contributed by atoms with van der Waals surface area (Å²) in [5.74, 6) is 0.867. The monoisotopic (exact) mass is 367 g/mol. The molecule has 0 aliphatic carbocycles. The Kier molecular flexibility index (Phi) is 6.35. The molecule has 2 aromatic carbocycles. The van der Waals surface area contributed by atoms with Gasteiger partial charge in [0.1, 0.15) is 5.75 Å². The maximum absolute atomic E-state index is 12.6. The normalized spacial score (nSPS) is 15.4. The number of urea groups is 1. The molecular weight excluding hydrogens is 338 g/mol. The highest BCUT2D eigenvalue weighted by molar-refractivity contribution is 5.91. The first kappa shape index (κ1) is 19.2. The van der Waals surface area contributed by atoms with Crippen LogP contribution in [0.15, 0.2) is 42.5 Å². The number of carbonyl (C=O) groups excluding carboxylic acids is 1. The Morgan fingerprint density at radius 2 is 1.74 bits per heavy atom. The minimum absolute atomic E-state index is 0.104. The number of anilines is 1. The van der Waals surface area contributed by atoms with Crippen molar-refractivity contribution in [3.63, 3.8) is 0 Å². The fraction of sp³-hybridized carbons (Fsp3) is 0.409. The van der Waals surface area contributed by atoms with Crippen LogP contribution < -0.4 is 15.4 Å². The minimum atomic E-state index is -0.175. The molecule has 1 atom stereocenters. The lowest BCUT2D eigenvalue weighted by Crippen LogP contribution is -2.39. The lowest BCUT2D eigenvalue weighted by atomic mass is 10.0. The summed E-state index contributed by atoms with van der Waals surface area (Å²) in [7, 11) is 1.70. The minimum Gasteiger partial charge on any atom is -0.496 e. The van der Waals surface area contributed by atoms with Crippen LogP contribution in [0.4, 0.5) is 10.5 Å². The van der Waals surface area contributed by atoms with Crippen molar-refractivity contribution in [2.24, 2.45) is 0 Å². The Morgan fingerprint density at radius 1 is 1.07 bits per heavy atom. The molecule has 0 radical (unpaired) electrons. The van der Waals surface area contributed by atoms with Crippen LogP contribution in [-0.2, 0) is 0 Å². The van der Waals surface area contributed by atoms with Crippen LogP contribution in [-0.4, -0.2) is 37.7 Å². The van der Waals surface area contributed by atoms with Crippen LogP contribution in [0.5, 0.6) is 5.75 Å². The number of benzene rings is 2. The molecule has 144 valence electrons. The number of hydrogen-bond acceptors (Lipinski definition) is 3. The lowest BCUT2D eigenvalue weighted by Gasteiger charge is -2.29. The van der Waals surface area contributed by atoms with Crippen molar-refractivity contribution in [1.29, 1.82) is 0 Å². The third kappa shape index (κ3) is 4.61. The van der Waals surface area contributed by atoms with Gasteiger partial charge in [0.2, 0.25) is 0 Å². The van der Waals surface area contributed by atoms with Crippen LogP contribution in [0.3, 0.4) is 0 Å². The maximum atomic E-state index is 12.6. The van der Waals surface area contributed by atoms with Crippen LogP contribution in [0.2, 0.25) is 0 Å². The molecule has 0 aromatic heterocycles. The topological polar surface area (TPSA) is 53.6 Å². The summed E-state index contributed by atoms with van der Waals surface area (Å²) in [6.07, 6.45) is 2.39. The zero-order chi connectivity index (χ0) is 19.2. The Hall–Kier alpha value is -2.53. The average molecular weight is 367 g/mol. The Morgan fingerprint density at radius 3 is 2.41 bits per heavy atom. The van der Waals surface area contributed by atoms with Gasteiger partial charge in [-0.1, -0.05) is 36.4 Å². The number of ether oxygens (including phenoxy) is 1. The molecule has 0 bridgehead atoms. The van der Waals surface area contributed by atoms with E-state index in [4.69, 9.17) is 4.74 Å². The molecule has 27 heavy (non-hydrogen) atoms. The number of methoxy groups -OCH3 is 1. The molecule has 0 spiro atoms. The number of para-hydroxylation sites is 2. The number of aryl methyl sites for hydroxylation is 2. The number of nitrogens with one attached hydrogen (secondary N) is 2.